The van der Waals surface area contributed by atoms with Crippen LogP contribution in [-0.2, 0) is 4.79 Å². The Morgan fingerprint density at radius 2 is 2.14 bits per heavy atom. The summed E-state index contributed by atoms with van der Waals surface area (Å²) in [5.74, 6) is 1.17. The van der Waals surface area contributed by atoms with E-state index in [0.29, 0.717) is 6.42 Å². The average molecular weight is 289 g/mol. The molecule has 1 aromatic heterocycles. The molecule has 0 radical (unpaired) electrons. The maximum absolute atomic E-state index is 11.6. The molecule has 1 atom stereocenters. The molecule has 2 aliphatic rings. The predicted molar refractivity (Wildman–Crippen MR) is 81.2 cm³/mol. The zero-order valence-electron chi connectivity index (χ0n) is 12.8. The van der Waals surface area contributed by atoms with Gasteiger partial charge in [0.1, 0.15) is 12.1 Å². The molecule has 1 spiro atoms. The fourth-order valence-electron chi connectivity index (χ4n) is 3.41. The van der Waals surface area contributed by atoms with Gasteiger partial charge >= 0.3 is 0 Å². The third kappa shape index (κ3) is 2.85. The molecule has 0 aliphatic carbocycles. The Kier molecular flexibility index (Phi) is 3.80. The van der Waals surface area contributed by atoms with Gasteiger partial charge in [-0.1, -0.05) is 0 Å². The SMILES string of the molecule is Cc1cc(N2CCN(C)C3(CCNC(=O)CC3)C2)ncn1. The molecule has 0 saturated carbocycles. The first-order valence-electron chi connectivity index (χ1n) is 7.61. The number of hydrogen-bond acceptors (Lipinski definition) is 5. The fraction of sp³-hybridized carbons (Fsp3) is 0.667. The fourth-order valence-corrected chi connectivity index (χ4v) is 3.41. The summed E-state index contributed by atoms with van der Waals surface area (Å²) < 4.78 is 0. The van der Waals surface area contributed by atoms with E-state index in [1.54, 1.807) is 6.33 Å². The molecule has 2 fully saturated rings. The van der Waals surface area contributed by atoms with Crippen molar-refractivity contribution in [2.45, 2.75) is 31.7 Å². The van der Waals surface area contributed by atoms with Crippen molar-refractivity contribution in [1.29, 1.82) is 0 Å². The van der Waals surface area contributed by atoms with Gasteiger partial charge in [-0.2, -0.15) is 0 Å². The van der Waals surface area contributed by atoms with Crippen LogP contribution < -0.4 is 10.2 Å². The lowest BCUT2D eigenvalue weighted by molar-refractivity contribution is -0.120. The molecule has 1 aromatic rings. The van der Waals surface area contributed by atoms with Crippen LogP contribution >= 0.6 is 0 Å². The lowest BCUT2D eigenvalue weighted by Gasteiger charge is -2.49. The quantitative estimate of drug-likeness (QED) is 0.819. The number of carbonyl (C=O) groups excluding carboxylic acids is 1. The molecule has 3 rings (SSSR count). The Labute approximate surface area is 125 Å². The van der Waals surface area contributed by atoms with Crippen molar-refractivity contribution in [3.8, 4) is 0 Å². The van der Waals surface area contributed by atoms with E-state index in [1.807, 2.05) is 13.0 Å². The largest absolute Gasteiger partial charge is 0.356 e. The topological polar surface area (TPSA) is 61.4 Å². The number of hydrogen-bond donors (Lipinski definition) is 1. The monoisotopic (exact) mass is 289 g/mol. The van der Waals surface area contributed by atoms with E-state index in [1.165, 1.54) is 0 Å². The van der Waals surface area contributed by atoms with E-state index in [-0.39, 0.29) is 11.4 Å². The number of rotatable bonds is 1. The van der Waals surface area contributed by atoms with Gasteiger partial charge < -0.3 is 10.2 Å². The number of nitrogens with one attached hydrogen (secondary N) is 1. The molecule has 6 nitrogen and oxygen atoms in total. The molecule has 2 saturated heterocycles. The van der Waals surface area contributed by atoms with E-state index in [4.69, 9.17) is 0 Å². The molecule has 1 N–H and O–H groups in total. The van der Waals surface area contributed by atoms with E-state index < -0.39 is 0 Å². The minimum atomic E-state index is 0.0657. The third-order valence-corrected chi connectivity index (χ3v) is 4.84. The highest BCUT2D eigenvalue weighted by atomic mass is 16.1. The molecule has 1 amide bonds. The molecule has 21 heavy (non-hydrogen) atoms. The van der Waals surface area contributed by atoms with Gasteiger partial charge in [0.05, 0.1) is 0 Å². The van der Waals surface area contributed by atoms with Crippen molar-refractivity contribution in [2.75, 3.05) is 38.1 Å². The van der Waals surface area contributed by atoms with Gasteiger partial charge in [0.15, 0.2) is 0 Å². The molecule has 6 heteroatoms. The number of anilines is 1. The number of nitrogens with zero attached hydrogens (tertiary/aromatic N) is 4. The summed E-state index contributed by atoms with van der Waals surface area (Å²) >= 11 is 0. The maximum atomic E-state index is 11.6. The second-order valence-electron chi connectivity index (χ2n) is 6.18. The first-order valence-corrected chi connectivity index (χ1v) is 7.61. The van der Waals surface area contributed by atoms with Crippen LogP contribution in [0.15, 0.2) is 12.4 Å². The number of aryl methyl sites for hydroxylation is 1. The normalized spacial score (nSPS) is 27.5. The summed E-state index contributed by atoms with van der Waals surface area (Å²) in [5, 5.41) is 2.99. The molecular formula is C15H23N5O. The van der Waals surface area contributed by atoms with Crippen molar-refractivity contribution in [3.63, 3.8) is 0 Å². The summed E-state index contributed by atoms with van der Waals surface area (Å²) in [4.78, 5) is 25.0. The highest BCUT2D eigenvalue weighted by Gasteiger charge is 2.41. The van der Waals surface area contributed by atoms with Crippen molar-refractivity contribution in [3.05, 3.63) is 18.1 Å². The molecule has 0 aromatic carbocycles. The zero-order chi connectivity index (χ0) is 14.9. The Morgan fingerprint density at radius 1 is 1.29 bits per heavy atom. The van der Waals surface area contributed by atoms with Crippen LogP contribution in [-0.4, -0.2) is 59.5 Å². The van der Waals surface area contributed by atoms with E-state index in [2.05, 4.69) is 32.1 Å². The first kappa shape index (κ1) is 14.3. The van der Waals surface area contributed by atoms with Gasteiger partial charge in [0.2, 0.25) is 5.91 Å². The lowest BCUT2D eigenvalue weighted by Crippen LogP contribution is -2.61. The smallest absolute Gasteiger partial charge is 0.220 e. The number of aromatic nitrogens is 2. The van der Waals surface area contributed by atoms with Gasteiger partial charge in [-0.05, 0) is 26.8 Å². The minimum absolute atomic E-state index is 0.0657. The highest BCUT2D eigenvalue weighted by molar-refractivity contribution is 5.76. The van der Waals surface area contributed by atoms with Gasteiger partial charge in [-0.25, -0.2) is 9.97 Å². The van der Waals surface area contributed by atoms with Gasteiger partial charge in [0.25, 0.3) is 0 Å². The molecule has 0 bridgehead atoms. The summed E-state index contributed by atoms with van der Waals surface area (Å²) in [7, 11) is 2.18. The Morgan fingerprint density at radius 3 is 2.95 bits per heavy atom. The second-order valence-corrected chi connectivity index (χ2v) is 6.18. The highest BCUT2D eigenvalue weighted by Crippen LogP contribution is 2.31. The predicted octanol–water partition coefficient (Wildman–Crippen LogP) is 0.576. The van der Waals surface area contributed by atoms with Crippen LogP contribution in [0.4, 0.5) is 5.82 Å². The van der Waals surface area contributed by atoms with Crippen LogP contribution in [0.2, 0.25) is 0 Å². The molecule has 3 heterocycles. The summed E-state index contributed by atoms with van der Waals surface area (Å²) in [6, 6.07) is 2.04. The minimum Gasteiger partial charge on any atom is -0.356 e. The van der Waals surface area contributed by atoms with Crippen molar-refractivity contribution >= 4 is 11.7 Å². The number of likely N-dealkylation sites (N-methyl/N-ethyl adjacent to an activating group) is 1. The van der Waals surface area contributed by atoms with Gasteiger partial charge in [-0.15, -0.1) is 0 Å². The van der Waals surface area contributed by atoms with Crippen LogP contribution in [0.25, 0.3) is 0 Å². The van der Waals surface area contributed by atoms with E-state index in [9.17, 15) is 4.79 Å². The Bertz CT molecular complexity index is 535. The van der Waals surface area contributed by atoms with Crippen molar-refractivity contribution < 1.29 is 4.79 Å². The molecular weight excluding hydrogens is 266 g/mol. The summed E-state index contributed by atoms with van der Waals surface area (Å²) in [6.07, 6.45) is 4.15. The van der Waals surface area contributed by atoms with Crippen molar-refractivity contribution in [1.82, 2.24) is 20.2 Å². The lowest BCUT2D eigenvalue weighted by atomic mass is 9.86. The van der Waals surface area contributed by atoms with Gasteiger partial charge in [0, 0.05) is 49.9 Å². The maximum Gasteiger partial charge on any atom is 0.220 e. The number of amides is 1. The first-order chi connectivity index (χ1) is 10.1. The number of piperazine rings is 1. The molecule has 2 aliphatic heterocycles. The summed E-state index contributed by atoms with van der Waals surface area (Å²) in [5.41, 5.74) is 1.06. The van der Waals surface area contributed by atoms with E-state index in [0.717, 1.165) is 50.5 Å². The summed E-state index contributed by atoms with van der Waals surface area (Å²) in [6.45, 7) is 5.65. The Balaban J connectivity index is 1.82. The Hall–Kier alpha value is -1.69. The third-order valence-electron chi connectivity index (χ3n) is 4.84. The van der Waals surface area contributed by atoms with Crippen LogP contribution in [0.1, 0.15) is 25.0 Å². The molecule has 1 unspecified atom stereocenters. The van der Waals surface area contributed by atoms with Crippen LogP contribution in [0, 0.1) is 6.92 Å². The van der Waals surface area contributed by atoms with Crippen LogP contribution in [0.3, 0.4) is 0 Å². The molecule has 114 valence electrons. The zero-order valence-corrected chi connectivity index (χ0v) is 12.8. The van der Waals surface area contributed by atoms with Crippen molar-refractivity contribution in [2.24, 2.45) is 0 Å². The number of carbonyl (C=O) groups is 1. The van der Waals surface area contributed by atoms with Gasteiger partial charge in [-0.3, -0.25) is 9.69 Å². The average Bonchev–Trinajstić information content (AvgIpc) is 2.65. The second kappa shape index (κ2) is 5.60. The van der Waals surface area contributed by atoms with E-state index >= 15 is 0 Å². The standard InChI is InChI=1S/C15H23N5O/c1-12-9-13(18-11-17-12)20-8-7-19(2)15(10-20)4-3-14(21)16-6-5-15/h9,11H,3-8,10H2,1-2H3,(H,16,21). The van der Waals surface area contributed by atoms with Crippen LogP contribution in [0.5, 0.6) is 0 Å².